The Morgan fingerprint density at radius 1 is 1.36 bits per heavy atom. The minimum atomic E-state index is 0.414. The predicted molar refractivity (Wildman–Crippen MR) is 64.5 cm³/mol. The second-order valence-electron chi connectivity index (χ2n) is 3.59. The molecule has 0 spiro atoms. The molecule has 14 heavy (non-hydrogen) atoms. The summed E-state index contributed by atoms with van der Waals surface area (Å²) in [6, 6.07) is 6.24. The smallest absolute Gasteiger partial charge is 0.0642 e. The summed E-state index contributed by atoms with van der Waals surface area (Å²) in [5, 5.41) is 0.763. The van der Waals surface area contributed by atoms with E-state index in [1.165, 1.54) is 0 Å². The molecule has 3 heteroatoms. The fourth-order valence-electron chi connectivity index (χ4n) is 1.32. The SMILES string of the molecule is CC(C)N(C)c1c(Cl)cccc1CCl. The number of para-hydroxylation sites is 1. The first-order valence-electron chi connectivity index (χ1n) is 4.64. The zero-order valence-electron chi connectivity index (χ0n) is 8.72. The third-order valence-corrected chi connectivity index (χ3v) is 2.93. The van der Waals surface area contributed by atoms with Crippen molar-refractivity contribution in [3.8, 4) is 0 Å². The number of halogens is 2. The molecule has 0 aromatic heterocycles. The van der Waals surface area contributed by atoms with Crippen molar-refractivity contribution >= 4 is 28.9 Å². The minimum absolute atomic E-state index is 0.414. The molecular weight excluding hydrogens is 217 g/mol. The van der Waals surface area contributed by atoms with Gasteiger partial charge in [-0.25, -0.2) is 0 Å². The second-order valence-corrected chi connectivity index (χ2v) is 4.26. The van der Waals surface area contributed by atoms with Crippen LogP contribution in [-0.2, 0) is 5.88 Å². The van der Waals surface area contributed by atoms with Crippen molar-refractivity contribution in [3.63, 3.8) is 0 Å². The van der Waals surface area contributed by atoms with Crippen LogP contribution < -0.4 is 4.90 Å². The molecule has 0 heterocycles. The highest BCUT2D eigenvalue weighted by Gasteiger charge is 2.12. The zero-order valence-corrected chi connectivity index (χ0v) is 10.2. The predicted octanol–water partition coefficient (Wildman–Crippen LogP) is 3.92. The molecule has 0 atom stereocenters. The molecule has 1 aromatic carbocycles. The van der Waals surface area contributed by atoms with Gasteiger partial charge in [-0.3, -0.25) is 0 Å². The Labute approximate surface area is 95.6 Å². The average Bonchev–Trinajstić information content (AvgIpc) is 2.16. The molecule has 0 bridgehead atoms. The summed E-state index contributed by atoms with van der Waals surface area (Å²) in [5.74, 6) is 0.493. The van der Waals surface area contributed by atoms with Gasteiger partial charge in [-0.15, -0.1) is 11.6 Å². The average molecular weight is 232 g/mol. The molecule has 1 nitrogen and oxygen atoms in total. The van der Waals surface area contributed by atoms with Gasteiger partial charge in [-0.05, 0) is 25.5 Å². The van der Waals surface area contributed by atoms with Gasteiger partial charge in [0, 0.05) is 19.0 Å². The normalized spacial score (nSPS) is 10.7. The zero-order chi connectivity index (χ0) is 10.7. The van der Waals surface area contributed by atoms with E-state index in [1.807, 2.05) is 25.2 Å². The molecule has 0 aliphatic rings. The third-order valence-electron chi connectivity index (χ3n) is 2.34. The van der Waals surface area contributed by atoms with E-state index in [9.17, 15) is 0 Å². The van der Waals surface area contributed by atoms with Gasteiger partial charge in [0.25, 0.3) is 0 Å². The lowest BCUT2D eigenvalue weighted by Gasteiger charge is -2.27. The highest BCUT2D eigenvalue weighted by molar-refractivity contribution is 6.33. The molecule has 78 valence electrons. The van der Waals surface area contributed by atoms with Crippen LogP contribution in [0.4, 0.5) is 5.69 Å². The molecule has 0 N–H and O–H groups in total. The van der Waals surface area contributed by atoms with E-state index in [0.717, 1.165) is 16.3 Å². The maximum absolute atomic E-state index is 6.15. The van der Waals surface area contributed by atoms with E-state index in [2.05, 4.69) is 18.7 Å². The van der Waals surface area contributed by atoms with Crippen LogP contribution in [0.1, 0.15) is 19.4 Å². The van der Waals surface area contributed by atoms with Crippen LogP contribution in [0.15, 0.2) is 18.2 Å². The van der Waals surface area contributed by atoms with Crippen LogP contribution >= 0.6 is 23.2 Å². The Morgan fingerprint density at radius 3 is 2.50 bits per heavy atom. The van der Waals surface area contributed by atoms with Gasteiger partial charge in [0.05, 0.1) is 10.7 Å². The number of benzene rings is 1. The van der Waals surface area contributed by atoms with Crippen LogP contribution in [0.3, 0.4) is 0 Å². The summed E-state index contributed by atoms with van der Waals surface area (Å²) in [5.41, 5.74) is 2.12. The molecule has 0 aliphatic heterocycles. The first-order valence-corrected chi connectivity index (χ1v) is 5.55. The second kappa shape index (κ2) is 4.90. The van der Waals surface area contributed by atoms with E-state index < -0.39 is 0 Å². The number of hydrogen-bond donors (Lipinski definition) is 0. The summed E-state index contributed by atoms with van der Waals surface area (Å²) >= 11 is 12.0. The van der Waals surface area contributed by atoms with Crippen LogP contribution in [0.5, 0.6) is 0 Å². The third kappa shape index (κ3) is 2.34. The van der Waals surface area contributed by atoms with Crippen LogP contribution in [-0.4, -0.2) is 13.1 Å². The van der Waals surface area contributed by atoms with Crippen molar-refractivity contribution in [2.45, 2.75) is 25.8 Å². The molecule has 1 aromatic rings. The van der Waals surface area contributed by atoms with Gasteiger partial charge in [0.2, 0.25) is 0 Å². The Morgan fingerprint density at radius 2 is 2.00 bits per heavy atom. The lowest BCUT2D eigenvalue weighted by atomic mass is 10.1. The number of nitrogens with zero attached hydrogens (tertiary/aromatic N) is 1. The lowest BCUT2D eigenvalue weighted by Crippen LogP contribution is -2.26. The largest absolute Gasteiger partial charge is 0.371 e. The van der Waals surface area contributed by atoms with Crippen LogP contribution in [0, 0.1) is 0 Å². The minimum Gasteiger partial charge on any atom is -0.371 e. The molecule has 0 radical (unpaired) electrons. The summed E-state index contributed by atoms with van der Waals surface area (Å²) in [4.78, 5) is 2.14. The summed E-state index contributed by atoms with van der Waals surface area (Å²) < 4.78 is 0. The lowest BCUT2D eigenvalue weighted by molar-refractivity contribution is 0.752. The topological polar surface area (TPSA) is 3.24 Å². The van der Waals surface area contributed by atoms with E-state index in [1.54, 1.807) is 0 Å². The quantitative estimate of drug-likeness (QED) is 0.714. The highest BCUT2D eigenvalue weighted by atomic mass is 35.5. The fraction of sp³-hybridized carbons (Fsp3) is 0.455. The number of hydrogen-bond acceptors (Lipinski definition) is 1. The van der Waals surface area contributed by atoms with Gasteiger partial charge < -0.3 is 4.90 Å². The molecule has 0 aliphatic carbocycles. The fourth-order valence-corrected chi connectivity index (χ4v) is 1.86. The van der Waals surface area contributed by atoms with Crippen molar-refractivity contribution in [2.24, 2.45) is 0 Å². The van der Waals surface area contributed by atoms with Crippen molar-refractivity contribution < 1.29 is 0 Å². The Kier molecular flexibility index (Phi) is 4.09. The van der Waals surface area contributed by atoms with Gasteiger partial charge in [0.15, 0.2) is 0 Å². The monoisotopic (exact) mass is 231 g/mol. The number of anilines is 1. The Balaban J connectivity index is 3.16. The van der Waals surface area contributed by atoms with Crippen molar-refractivity contribution in [1.29, 1.82) is 0 Å². The maximum Gasteiger partial charge on any atom is 0.0642 e. The van der Waals surface area contributed by atoms with E-state index in [4.69, 9.17) is 23.2 Å². The van der Waals surface area contributed by atoms with E-state index in [-0.39, 0.29) is 0 Å². The van der Waals surface area contributed by atoms with Gasteiger partial charge >= 0.3 is 0 Å². The molecule has 0 fully saturated rings. The van der Waals surface area contributed by atoms with Crippen molar-refractivity contribution in [2.75, 3.05) is 11.9 Å². The molecule has 0 amide bonds. The maximum atomic E-state index is 6.15. The van der Waals surface area contributed by atoms with Crippen LogP contribution in [0.2, 0.25) is 5.02 Å². The van der Waals surface area contributed by atoms with Crippen molar-refractivity contribution in [3.05, 3.63) is 28.8 Å². The summed E-state index contributed by atoms with van der Waals surface area (Å²) in [7, 11) is 2.03. The standard InChI is InChI=1S/C11H15Cl2N/c1-8(2)14(3)11-9(7-12)5-4-6-10(11)13/h4-6,8H,7H2,1-3H3. The number of rotatable bonds is 3. The first-order chi connectivity index (χ1) is 6.57. The van der Waals surface area contributed by atoms with Crippen LogP contribution in [0.25, 0.3) is 0 Å². The van der Waals surface area contributed by atoms with Gasteiger partial charge in [-0.1, -0.05) is 23.7 Å². The highest BCUT2D eigenvalue weighted by Crippen LogP contribution is 2.31. The Hall–Kier alpha value is -0.400. The van der Waals surface area contributed by atoms with Crippen molar-refractivity contribution in [1.82, 2.24) is 0 Å². The summed E-state index contributed by atoms with van der Waals surface area (Å²) in [6.45, 7) is 4.25. The van der Waals surface area contributed by atoms with E-state index >= 15 is 0 Å². The molecule has 0 unspecified atom stereocenters. The number of alkyl halides is 1. The molecule has 0 saturated heterocycles. The molecule has 1 rings (SSSR count). The Bertz CT molecular complexity index is 310. The summed E-state index contributed by atoms with van der Waals surface area (Å²) in [6.07, 6.45) is 0. The van der Waals surface area contributed by atoms with Gasteiger partial charge in [0.1, 0.15) is 0 Å². The molecule has 0 saturated carbocycles. The first kappa shape index (κ1) is 11.7. The molecular formula is C11H15Cl2N. The van der Waals surface area contributed by atoms with E-state index in [0.29, 0.717) is 11.9 Å². The van der Waals surface area contributed by atoms with Gasteiger partial charge in [-0.2, -0.15) is 0 Å².